The molecule has 1 atom stereocenters. The smallest absolute Gasteiger partial charge is 0.154 e. The summed E-state index contributed by atoms with van der Waals surface area (Å²) in [7, 11) is 2.19. The molecule has 0 radical (unpaired) electrons. The fourth-order valence-corrected chi connectivity index (χ4v) is 0. The van der Waals surface area contributed by atoms with Crippen molar-refractivity contribution >= 4 is 9.24 Å². The lowest BCUT2D eigenvalue weighted by Crippen LogP contribution is -2.03. The lowest BCUT2D eigenvalue weighted by molar-refractivity contribution is -0.0188. The number of hydrogen-bond acceptors (Lipinski definition) is 2. The van der Waals surface area contributed by atoms with E-state index in [4.69, 9.17) is 10.2 Å². The quantitative estimate of drug-likeness (QED) is 0.329. The number of hydrogen-bond donors (Lipinski definition) is 2. The predicted octanol–water partition coefficient (Wildman–Crippen LogP) is -0.828. The zero-order chi connectivity index (χ0) is 4.28. The topological polar surface area (TPSA) is 40.5 Å². The Morgan fingerprint density at radius 2 is 1.80 bits per heavy atom. The van der Waals surface area contributed by atoms with E-state index < -0.39 is 6.29 Å². The second-order valence-electron chi connectivity index (χ2n) is 0.716. The van der Waals surface area contributed by atoms with Crippen molar-refractivity contribution in [3.63, 3.8) is 0 Å². The Bertz CT molecular complexity index is 21.6. The SMILES string of the molecule is OC(O)CP. The lowest BCUT2D eigenvalue weighted by atomic mass is 10.8. The summed E-state index contributed by atoms with van der Waals surface area (Å²) in [6.07, 6.45) is -0.819. The molecule has 0 amide bonds. The molecule has 3 heteroatoms. The zero-order valence-electron chi connectivity index (χ0n) is 2.76. The first-order chi connectivity index (χ1) is 2.27. The van der Waals surface area contributed by atoms with Crippen LogP contribution in [0.25, 0.3) is 0 Å². The van der Waals surface area contributed by atoms with Gasteiger partial charge < -0.3 is 10.2 Å². The van der Waals surface area contributed by atoms with Crippen LogP contribution in [0.4, 0.5) is 0 Å². The first-order valence-corrected chi connectivity index (χ1v) is 2.15. The molecule has 0 bridgehead atoms. The first-order valence-electron chi connectivity index (χ1n) is 1.33. The molecule has 0 aromatic heterocycles. The summed E-state index contributed by atoms with van der Waals surface area (Å²) < 4.78 is 0. The molecule has 5 heavy (non-hydrogen) atoms. The average molecular weight is 94.0 g/mol. The summed E-state index contributed by atoms with van der Waals surface area (Å²) in [6.45, 7) is 0. The highest BCUT2D eigenvalue weighted by atomic mass is 31.0. The maximum atomic E-state index is 7.90. The van der Waals surface area contributed by atoms with E-state index in [1.807, 2.05) is 0 Å². The van der Waals surface area contributed by atoms with E-state index in [9.17, 15) is 0 Å². The minimum absolute atomic E-state index is 0.333. The lowest BCUT2D eigenvalue weighted by Gasteiger charge is -1.90. The van der Waals surface area contributed by atoms with E-state index in [0.29, 0.717) is 6.16 Å². The molecule has 0 aromatic rings. The second kappa shape index (κ2) is 2.58. The van der Waals surface area contributed by atoms with Gasteiger partial charge in [0.1, 0.15) is 0 Å². The number of aliphatic hydroxyl groups is 2. The van der Waals surface area contributed by atoms with E-state index in [1.54, 1.807) is 0 Å². The van der Waals surface area contributed by atoms with Crippen LogP contribution in [0.3, 0.4) is 0 Å². The minimum atomic E-state index is -1.15. The molecule has 0 saturated carbocycles. The van der Waals surface area contributed by atoms with Crippen molar-refractivity contribution in [1.29, 1.82) is 0 Å². The molecule has 2 N–H and O–H groups in total. The third-order valence-corrected chi connectivity index (χ3v) is 0.632. The maximum Gasteiger partial charge on any atom is 0.154 e. The van der Waals surface area contributed by atoms with Gasteiger partial charge in [-0.1, -0.05) is 0 Å². The molecule has 0 saturated heterocycles. The van der Waals surface area contributed by atoms with Gasteiger partial charge in [0.15, 0.2) is 6.29 Å². The van der Waals surface area contributed by atoms with Crippen molar-refractivity contribution in [2.45, 2.75) is 6.29 Å². The fraction of sp³-hybridized carbons (Fsp3) is 1.00. The monoisotopic (exact) mass is 94.0 g/mol. The fourth-order valence-electron chi connectivity index (χ4n) is 0. The molecule has 0 fully saturated rings. The molecule has 0 heterocycles. The van der Waals surface area contributed by atoms with Crippen LogP contribution in [0.1, 0.15) is 0 Å². The Morgan fingerprint density at radius 3 is 1.80 bits per heavy atom. The van der Waals surface area contributed by atoms with Crippen LogP contribution in [0.15, 0.2) is 0 Å². The Hall–Kier alpha value is 0.350. The van der Waals surface area contributed by atoms with Gasteiger partial charge in [-0.15, -0.1) is 9.24 Å². The Kier molecular flexibility index (Phi) is 2.76. The average Bonchev–Trinajstić information content (AvgIpc) is 1.38. The normalized spacial score (nSPS) is 9.60. The summed E-state index contributed by atoms with van der Waals surface area (Å²) in [6, 6.07) is 0. The largest absolute Gasteiger partial charge is 0.368 e. The molecule has 32 valence electrons. The van der Waals surface area contributed by atoms with Crippen molar-refractivity contribution in [3.8, 4) is 0 Å². The Morgan fingerprint density at radius 1 is 1.60 bits per heavy atom. The summed E-state index contributed by atoms with van der Waals surface area (Å²) >= 11 is 0. The van der Waals surface area contributed by atoms with Gasteiger partial charge in [-0.25, -0.2) is 0 Å². The van der Waals surface area contributed by atoms with E-state index >= 15 is 0 Å². The Balaban J connectivity index is 2.54. The summed E-state index contributed by atoms with van der Waals surface area (Å²) in [5.74, 6) is 0. The van der Waals surface area contributed by atoms with Gasteiger partial charge in [0, 0.05) is 6.16 Å². The molecule has 0 spiro atoms. The summed E-state index contributed by atoms with van der Waals surface area (Å²) in [5, 5.41) is 15.8. The maximum absolute atomic E-state index is 7.90. The van der Waals surface area contributed by atoms with Crippen molar-refractivity contribution in [3.05, 3.63) is 0 Å². The van der Waals surface area contributed by atoms with Crippen LogP contribution >= 0.6 is 9.24 Å². The summed E-state index contributed by atoms with van der Waals surface area (Å²) in [4.78, 5) is 0. The van der Waals surface area contributed by atoms with Gasteiger partial charge in [-0.2, -0.15) is 0 Å². The molecule has 0 rings (SSSR count). The number of aliphatic hydroxyl groups excluding tert-OH is 1. The highest BCUT2D eigenvalue weighted by Crippen LogP contribution is 1.81. The van der Waals surface area contributed by atoms with Crippen molar-refractivity contribution in [2.24, 2.45) is 0 Å². The molecule has 0 aliphatic carbocycles. The van der Waals surface area contributed by atoms with Gasteiger partial charge in [0.25, 0.3) is 0 Å². The predicted molar refractivity (Wildman–Crippen MR) is 22.8 cm³/mol. The van der Waals surface area contributed by atoms with E-state index in [0.717, 1.165) is 0 Å². The molecular weight excluding hydrogens is 87.0 g/mol. The third kappa shape index (κ3) is 4.35. The van der Waals surface area contributed by atoms with Crippen LogP contribution in [0.2, 0.25) is 0 Å². The van der Waals surface area contributed by atoms with Crippen LogP contribution in [0.5, 0.6) is 0 Å². The standard InChI is InChI=1S/C2H7O2P/c3-2(4)1-5/h2-4H,1,5H2. The van der Waals surface area contributed by atoms with Gasteiger partial charge in [0.05, 0.1) is 0 Å². The molecule has 0 aliphatic rings. The molecule has 1 unspecified atom stereocenters. The first kappa shape index (κ1) is 5.35. The molecule has 0 aliphatic heterocycles. The van der Waals surface area contributed by atoms with Crippen molar-refractivity contribution < 1.29 is 10.2 Å². The van der Waals surface area contributed by atoms with Gasteiger partial charge in [-0.05, 0) is 0 Å². The highest BCUT2D eigenvalue weighted by Gasteiger charge is 1.83. The Labute approximate surface area is 33.0 Å². The third-order valence-electron chi connectivity index (χ3n) is 0.211. The van der Waals surface area contributed by atoms with Crippen LogP contribution in [-0.4, -0.2) is 22.7 Å². The van der Waals surface area contributed by atoms with Crippen molar-refractivity contribution in [2.75, 3.05) is 6.16 Å². The van der Waals surface area contributed by atoms with Gasteiger partial charge >= 0.3 is 0 Å². The van der Waals surface area contributed by atoms with Crippen LogP contribution in [-0.2, 0) is 0 Å². The van der Waals surface area contributed by atoms with E-state index in [2.05, 4.69) is 9.24 Å². The van der Waals surface area contributed by atoms with Gasteiger partial charge in [0.2, 0.25) is 0 Å². The van der Waals surface area contributed by atoms with Crippen LogP contribution < -0.4 is 0 Å². The molecule has 2 nitrogen and oxygen atoms in total. The highest BCUT2D eigenvalue weighted by molar-refractivity contribution is 7.16. The molecule has 0 aromatic carbocycles. The minimum Gasteiger partial charge on any atom is -0.368 e. The number of rotatable bonds is 1. The summed E-state index contributed by atoms with van der Waals surface area (Å²) in [5.41, 5.74) is 0. The van der Waals surface area contributed by atoms with E-state index in [1.165, 1.54) is 0 Å². The second-order valence-corrected chi connectivity index (χ2v) is 1.19. The zero-order valence-corrected chi connectivity index (χ0v) is 3.91. The van der Waals surface area contributed by atoms with E-state index in [-0.39, 0.29) is 0 Å². The van der Waals surface area contributed by atoms with Gasteiger partial charge in [-0.3, -0.25) is 0 Å². The van der Waals surface area contributed by atoms with Crippen LogP contribution in [0, 0.1) is 0 Å². The molecular formula is C2H7O2P. The van der Waals surface area contributed by atoms with Crippen molar-refractivity contribution in [1.82, 2.24) is 0 Å².